The van der Waals surface area contributed by atoms with E-state index in [1.165, 1.54) is 31.3 Å². The molecule has 1 aliphatic rings. The molecule has 1 amide bonds. The molecule has 3 rings (SSSR count). The van der Waals surface area contributed by atoms with E-state index in [0.717, 1.165) is 18.8 Å². The average molecular weight is 356 g/mol. The normalized spacial score (nSPS) is 13.9. The Kier molecular flexibility index (Phi) is 6.07. The molecule has 0 spiro atoms. The van der Waals surface area contributed by atoms with Crippen LogP contribution in [-0.2, 0) is 0 Å². The summed E-state index contributed by atoms with van der Waals surface area (Å²) in [5.41, 5.74) is 2.63. The molecule has 5 heteroatoms. The first-order valence-electron chi connectivity index (χ1n) is 8.66. The summed E-state index contributed by atoms with van der Waals surface area (Å²) >= 11 is 6.06. The lowest BCUT2D eigenvalue weighted by molar-refractivity contribution is 0.102. The molecular weight excluding hydrogens is 334 g/mol. The van der Waals surface area contributed by atoms with Crippen molar-refractivity contribution in [3.63, 3.8) is 0 Å². The van der Waals surface area contributed by atoms with Crippen LogP contribution < -0.4 is 10.6 Å². The highest BCUT2D eigenvalue weighted by atomic mass is 35.5. The summed E-state index contributed by atoms with van der Waals surface area (Å²) in [5, 5.41) is 6.62. The standard InChI is InChI=1S/C20H22ClN3O/c21-17-8-4-5-9-18(17)24-20(25)16-10-11-19(23-14-16)22-13-12-15-6-2-1-3-7-15/h4-6,8-11,14H,1-3,7,12-13H2,(H,22,23)(H,24,25). The smallest absolute Gasteiger partial charge is 0.257 e. The fraction of sp³-hybridized carbons (Fsp3) is 0.300. The van der Waals surface area contributed by atoms with E-state index in [-0.39, 0.29) is 5.91 Å². The minimum absolute atomic E-state index is 0.223. The Morgan fingerprint density at radius 3 is 2.76 bits per heavy atom. The van der Waals surface area contributed by atoms with Gasteiger partial charge in [0.25, 0.3) is 5.91 Å². The number of amides is 1. The molecule has 0 bridgehead atoms. The lowest BCUT2D eigenvalue weighted by Gasteiger charge is -2.13. The van der Waals surface area contributed by atoms with Crippen molar-refractivity contribution < 1.29 is 4.79 Å². The summed E-state index contributed by atoms with van der Waals surface area (Å²) in [4.78, 5) is 16.6. The number of carbonyl (C=O) groups is 1. The second-order valence-corrected chi connectivity index (χ2v) is 6.56. The number of hydrogen-bond donors (Lipinski definition) is 2. The number of allylic oxidation sites excluding steroid dienone is 1. The highest BCUT2D eigenvalue weighted by Crippen LogP contribution is 2.22. The number of hydrogen-bond acceptors (Lipinski definition) is 3. The van der Waals surface area contributed by atoms with Crippen molar-refractivity contribution in [1.82, 2.24) is 4.98 Å². The second kappa shape index (κ2) is 8.67. The number of para-hydroxylation sites is 1. The fourth-order valence-corrected chi connectivity index (χ4v) is 3.06. The van der Waals surface area contributed by atoms with Crippen LogP contribution >= 0.6 is 11.6 Å². The largest absolute Gasteiger partial charge is 0.370 e. The molecule has 0 radical (unpaired) electrons. The monoisotopic (exact) mass is 355 g/mol. The van der Waals surface area contributed by atoms with Crippen molar-refractivity contribution in [3.8, 4) is 0 Å². The predicted octanol–water partition coefficient (Wildman–Crippen LogP) is 5.29. The Morgan fingerprint density at radius 1 is 1.16 bits per heavy atom. The Labute approximate surface area is 153 Å². The maximum absolute atomic E-state index is 12.3. The van der Waals surface area contributed by atoms with Gasteiger partial charge in [0.1, 0.15) is 5.82 Å². The first kappa shape index (κ1) is 17.5. The van der Waals surface area contributed by atoms with Crippen LogP contribution in [0.25, 0.3) is 0 Å². The molecule has 0 aliphatic heterocycles. The molecule has 4 nitrogen and oxygen atoms in total. The second-order valence-electron chi connectivity index (χ2n) is 6.15. The Bertz CT molecular complexity index is 756. The van der Waals surface area contributed by atoms with Gasteiger partial charge in [0.05, 0.1) is 16.3 Å². The van der Waals surface area contributed by atoms with Gasteiger partial charge in [0, 0.05) is 12.7 Å². The summed E-state index contributed by atoms with van der Waals surface area (Å²) in [6.45, 7) is 0.865. The van der Waals surface area contributed by atoms with E-state index in [4.69, 9.17) is 11.6 Å². The van der Waals surface area contributed by atoms with Gasteiger partial charge >= 0.3 is 0 Å². The maximum Gasteiger partial charge on any atom is 0.257 e. The van der Waals surface area contributed by atoms with Gasteiger partial charge in [0.15, 0.2) is 0 Å². The van der Waals surface area contributed by atoms with Gasteiger partial charge < -0.3 is 10.6 Å². The zero-order valence-electron chi connectivity index (χ0n) is 14.1. The van der Waals surface area contributed by atoms with E-state index in [1.807, 2.05) is 18.2 Å². The van der Waals surface area contributed by atoms with Gasteiger partial charge in [-0.25, -0.2) is 4.98 Å². The first-order valence-corrected chi connectivity index (χ1v) is 9.04. The van der Waals surface area contributed by atoms with Crippen LogP contribution in [0.5, 0.6) is 0 Å². The van der Waals surface area contributed by atoms with Crippen LogP contribution in [0.2, 0.25) is 5.02 Å². The van der Waals surface area contributed by atoms with E-state index in [2.05, 4.69) is 21.7 Å². The molecule has 2 N–H and O–H groups in total. The molecule has 1 aromatic heterocycles. The topological polar surface area (TPSA) is 54.0 Å². The lowest BCUT2D eigenvalue weighted by Crippen LogP contribution is -2.13. The van der Waals surface area contributed by atoms with E-state index in [1.54, 1.807) is 24.4 Å². The Balaban J connectivity index is 1.52. The van der Waals surface area contributed by atoms with Crippen molar-refractivity contribution in [3.05, 3.63) is 64.8 Å². The molecule has 0 saturated heterocycles. The number of rotatable bonds is 6. The number of halogens is 1. The van der Waals surface area contributed by atoms with E-state index >= 15 is 0 Å². The zero-order valence-corrected chi connectivity index (χ0v) is 14.9. The molecule has 0 atom stereocenters. The Hall–Kier alpha value is -2.33. The van der Waals surface area contributed by atoms with E-state index in [9.17, 15) is 4.79 Å². The minimum Gasteiger partial charge on any atom is -0.370 e. The molecular formula is C20H22ClN3O. The third-order valence-electron chi connectivity index (χ3n) is 4.28. The number of anilines is 2. The molecule has 2 aromatic rings. The molecule has 130 valence electrons. The molecule has 0 saturated carbocycles. The number of nitrogens with zero attached hydrogens (tertiary/aromatic N) is 1. The number of carbonyl (C=O) groups excluding carboxylic acids is 1. The van der Waals surface area contributed by atoms with Crippen LogP contribution in [0.15, 0.2) is 54.2 Å². The molecule has 1 aliphatic carbocycles. The quantitative estimate of drug-likeness (QED) is 0.692. The van der Waals surface area contributed by atoms with Gasteiger partial charge in [0.2, 0.25) is 0 Å². The summed E-state index contributed by atoms with van der Waals surface area (Å²) in [7, 11) is 0. The van der Waals surface area contributed by atoms with Crippen molar-refractivity contribution in [1.29, 1.82) is 0 Å². The highest BCUT2D eigenvalue weighted by molar-refractivity contribution is 6.33. The van der Waals surface area contributed by atoms with Crippen molar-refractivity contribution in [2.75, 3.05) is 17.2 Å². The van der Waals surface area contributed by atoms with Crippen molar-refractivity contribution in [2.45, 2.75) is 32.1 Å². The number of nitrogens with one attached hydrogen (secondary N) is 2. The van der Waals surface area contributed by atoms with Crippen LogP contribution in [0, 0.1) is 0 Å². The summed E-state index contributed by atoms with van der Waals surface area (Å²) in [6.07, 6.45) is 10.0. The van der Waals surface area contributed by atoms with Gasteiger partial charge in [-0.1, -0.05) is 35.4 Å². The van der Waals surface area contributed by atoms with E-state index in [0.29, 0.717) is 16.3 Å². The fourth-order valence-electron chi connectivity index (χ4n) is 2.87. The van der Waals surface area contributed by atoms with E-state index < -0.39 is 0 Å². The van der Waals surface area contributed by atoms with Gasteiger partial charge in [-0.15, -0.1) is 0 Å². The van der Waals surface area contributed by atoms with Crippen LogP contribution in [-0.4, -0.2) is 17.4 Å². The molecule has 25 heavy (non-hydrogen) atoms. The summed E-state index contributed by atoms with van der Waals surface area (Å²) < 4.78 is 0. The number of pyridine rings is 1. The van der Waals surface area contributed by atoms with Crippen LogP contribution in [0.3, 0.4) is 0 Å². The molecule has 1 heterocycles. The number of benzene rings is 1. The highest BCUT2D eigenvalue weighted by Gasteiger charge is 2.09. The van der Waals surface area contributed by atoms with Crippen molar-refractivity contribution in [2.24, 2.45) is 0 Å². The molecule has 0 unspecified atom stereocenters. The van der Waals surface area contributed by atoms with Gasteiger partial charge in [-0.05, 0) is 56.4 Å². The first-order chi connectivity index (χ1) is 12.2. The van der Waals surface area contributed by atoms with Crippen LogP contribution in [0.1, 0.15) is 42.5 Å². The van der Waals surface area contributed by atoms with Gasteiger partial charge in [-0.2, -0.15) is 0 Å². The summed E-state index contributed by atoms with van der Waals surface area (Å²) in [5.74, 6) is 0.560. The SMILES string of the molecule is O=C(Nc1ccccc1Cl)c1ccc(NCCC2=CCCCC2)nc1. The minimum atomic E-state index is -0.223. The number of aromatic nitrogens is 1. The predicted molar refractivity (Wildman–Crippen MR) is 103 cm³/mol. The maximum atomic E-state index is 12.3. The van der Waals surface area contributed by atoms with Crippen molar-refractivity contribution >= 4 is 29.0 Å². The van der Waals surface area contributed by atoms with Crippen LogP contribution in [0.4, 0.5) is 11.5 Å². The third-order valence-corrected chi connectivity index (χ3v) is 4.61. The zero-order chi connectivity index (χ0) is 17.5. The summed E-state index contributed by atoms with van der Waals surface area (Å²) in [6, 6.07) is 10.8. The molecule has 0 fully saturated rings. The molecule has 1 aromatic carbocycles. The van der Waals surface area contributed by atoms with Gasteiger partial charge in [-0.3, -0.25) is 4.79 Å². The third kappa shape index (κ3) is 5.07. The Morgan fingerprint density at radius 2 is 2.04 bits per heavy atom. The lowest BCUT2D eigenvalue weighted by atomic mass is 9.97. The average Bonchev–Trinajstić information content (AvgIpc) is 2.65.